The van der Waals surface area contributed by atoms with E-state index in [9.17, 15) is 17.6 Å². The molecule has 2 N–H and O–H groups in total. The lowest BCUT2D eigenvalue weighted by Crippen LogP contribution is -2.26. The van der Waals surface area contributed by atoms with Gasteiger partial charge in [-0.3, -0.25) is 4.79 Å². The highest BCUT2D eigenvalue weighted by molar-refractivity contribution is 7.89. The molecule has 0 bridgehead atoms. The van der Waals surface area contributed by atoms with E-state index in [1.807, 2.05) is 18.4 Å². The van der Waals surface area contributed by atoms with Gasteiger partial charge < -0.3 is 9.47 Å². The summed E-state index contributed by atoms with van der Waals surface area (Å²) in [6, 6.07) is 14.2. The van der Waals surface area contributed by atoms with Gasteiger partial charge in [0.15, 0.2) is 5.78 Å². The monoisotopic (exact) mass is 415 g/mol. The number of aromatic nitrogens is 1. The summed E-state index contributed by atoms with van der Waals surface area (Å²) in [5.74, 6) is -0.528. The summed E-state index contributed by atoms with van der Waals surface area (Å²) >= 11 is 0. The van der Waals surface area contributed by atoms with Crippen molar-refractivity contribution in [2.75, 3.05) is 18.5 Å². The number of sulfonamides is 1. The third kappa shape index (κ3) is 4.23. The van der Waals surface area contributed by atoms with Gasteiger partial charge in [-0.2, -0.15) is 0 Å². The summed E-state index contributed by atoms with van der Waals surface area (Å²) in [7, 11) is -2.11. The van der Waals surface area contributed by atoms with Crippen LogP contribution in [0, 0.1) is 19.7 Å². The lowest BCUT2D eigenvalue weighted by Gasteiger charge is -2.19. The minimum Gasteiger partial charge on any atom is -0.365 e. The van der Waals surface area contributed by atoms with Crippen LogP contribution in [0.25, 0.3) is 5.69 Å². The zero-order chi connectivity index (χ0) is 21.3. The van der Waals surface area contributed by atoms with E-state index < -0.39 is 10.0 Å². The second-order valence-electron chi connectivity index (χ2n) is 6.89. The topological polar surface area (TPSA) is 85.4 Å². The number of rotatable bonds is 6. The molecule has 0 amide bonds. The van der Waals surface area contributed by atoms with Gasteiger partial charge in [0.25, 0.3) is 0 Å². The molecule has 0 unspecified atom stereocenters. The molecular formula is C21H22FN3O3S. The van der Waals surface area contributed by atoms with Gasteiger partial charge in [-0.25, -0.2) is 17.9 Å². The fraction of sp³-hybridized carbons (Fsp3) is 0.190. The number of primary sulfonamides is 1. The van der Waals surface area contributed by atoms with E-state index in [2.05, 4.69) is 0 Å². The van der Waals surface area contributed by atoms with Gasteiger partial charge in [0.2, 0.25) is 10.0 Å². The number of aryl methyl sites for hydroxylation is 1. The first-order valence-electron chi connectivity index (χ1n) is 8.90. The number of likely N-dealkylation sites (N-methyl/N-ethyl adjacent to an activating group) is 1. The molecule has 3 aromatic rings. The van der Waals surface area contributed by atoms with Gasteiger partial charge in [0.05, 0.1) is 17.1 Å². The maximum atomic E-state index is 14.0. The summed E-state index contributed by atoms with van der Waals surface area (Å²) in [6.45, 7) is 3.70. The number of ketones is 1. The molecule has 29 heavy (non-hydrogen) atoms. The molecule has 0 atom stereocenters. The number of anilines is 1. The van der Waals surface area contributed by atoms with E-state index in [4.69, 9.17) is 5.14 Å². The van der Waals surface area contributed by atoms with Crippen molar-refractivity contribution in [2.45, 2.75) is 18.7 Å². The van der Waals surface area contributed by atoms with Crippen LogP contribution < -0.4 is 10.0 Å². The third-order valence-electron chi connectivity index (χ3n) is 4.80. The van der Waals surface area contributed by atoms with Crippen molar-refractivity contribution < 1.29 is 17.6 Å². The average Bonchev–Trinajstić information content (AvgIpc) is 2.95. The maximum Gasteiger partial charge on any atom is 0.238 e. The van der Waals surface area contributed by atoms with Crippen LogP contribution in [0.2, 0.25) is 0 Å². The normalized spacial score (nSPS) is 11.5. The van der Waals surface area contributed by atoms with Crippen LogP contribution >= 0.6 is 0 Å². The van der Waals surface area contributed by atoms with Gasteiger partial charge in [-0.05, 0) is 56.3 Å². The smallest absolute Gasteiger partial charge is 0.238 e. The fourth-order valence-corrected chi connectivity index (χ4v) is 3.89. The van der Waals surface area contributed by atoms with E-state index in [0.29, 0.717) is 16.9 Å². The molecular weight excluding hydrogens is 393 g/mol. The molecule has 1 heterocycles. The minimum absolute atomic E-state index is 0.0199. The Labute approximate surface area is 169 Å². The molecule has 0 aliphatic heterocycles. The zero-order valence-corrected chi connectivity index (χ0v) is 17.2. The number of halogens is 1. The molecule has 0 saturated heterocycles. The summed E-state index contributed by atoms with van der Waals surface area (Å²) < 4.78 is 38.7. The van der Waals surface area contributed by atoms with Crippen LogP contribution in [0.3, 0.4) is 0 Å². The number of para-hydroxylation sites is 1. The fourth-order valence-electron chi connectivity index (χ4n) is 3.37. The molecule has 3 rings (SSSR count). The molecule has 1 aromatic heterocycles. The van der Waals surface area contributed by atoms with Gasteiger partial charge in [-0.15, -0.1) is 0 Å². The van der Waals surface area contributed by atoms with Crippen LogP contribution in [0.4, 0.5) is 10.1 Å². The summed E-state index contributed by atoms with van der Waals surface area (Å²) in [4.78, 5) is 14.5. The number of nitrogens with zero attached hydrogens (tertiary/aromatic N) is 2. The number of carbonyl (C=O) groups excluding carboxylic acids is 1. The van der Waals surface area contributed by atoms with E-state index >= 15 is 0 Å². The van der Waals surface area contributed by atoms with E-state index in [1.54, 1.807) is 48.3 Å². The quantitative estimate of drug-likeness (QED) is 0.627. The van der Waals surface area contributed by atoms with Crippen LogP contribution in [0.1, 0.15) is 21.7 Å². The number of carbonyl (C=O) groups is 1. The number of hydrogen-bond donors (Lipinski definition) is 1. The highest BCUT2D eigenvalue weighted by Crippen LogP contribution is 2.24. The third-order valence-corrected chi connectivity index (χ3v) is 5.73. The Balaban J connectivity index is 1.89. The Kier molecular flexibility index (Phi) is 5.59. The highest BCUT2D eigenvalue weighted by Gasteiger charge is 2.19. The van der Waals surface area contributed by atoms with Crippen molar-refractivity contribution >= 4 is 21.5 Å². The van der Waals surface area contributed by atoms with E-state index in [-0.39, 0.29) is 23.0 Å². The first-order valence-corrected chi connectivity index (χ1v) is 10.5. The molecule has 0 radical (unpaired) electrons. The molecule has 6 nitrogen and oxygen atoms in total. The number of Topliss-reactive ketones (excluding diaryl/α,β-unsaturated/α-hetero) is 1. The van der Waals surface area contributed by atoms with Crippen LogP contribution in [0.15, 0.2) is 59.5 Å². The molecule has 152 valence electrons. The molecule has 0 saturated carbocycles. The van der Waals surface area contributed by atoms with Gasteiger partial charge in [0, 0.05) is 29.7 Å². The number of benzene rings is 2. The van der Waals surface area contributed by atoms with E-state index in [1.165, 1.54) is 18.2 Å². The number of hydrogen-bond acceptors (Lipinski definition) is 4. The van der Waals surface area contributed by atoms with Crippen LogP contribution in [0.5, 0.6) is 0 Å². The van der Waals surface area contributed by atoms with Gasteiger partial charge >= 0.3 is 0 Å². The standard InChI is InChI=1S/C21H22FN3O3S/c1-14-12-18(21(26)13-24(3)20-7-5-4-6-19(20)22)15(2)25(14)16-8-10-17(11-9-16)29(23,27)28/h4-12H,13H2,1-3H3,(H2,23,27,28). The molecule has 0 fully saturated rings. The van der Waals surface area contributed by atoms with Crippen molar-refractivity contribution in [2.24, 2.45) is 5.14 Å². The Hall–Kier alpha value is -2.97. The first kappa shape index (κ1) is 20.8. The first-order chi connectivity index (χ1) is 13.6. The summed E-state index contributed by atoms with van der Waals surface area (Å²) in [6.07, 6.45) is 0. The van der Waals surface area contributed by atoms with Gasteiger partial charge in [-0.1, -0.05) is 12.1 Å². The largest absolute Gasteiger partial charge is 0.365 e. The van der Waals surface area contributed by atoms with Crippen molar-refractivity contribution in [1.29, 1.82) is 0 Å². The van der Waals surface area contributed by atoms with Gasteiger partial charge in [0.1, 0.15) is 5.82 Å². The Morgan fingerprint density at radius 3 is 2.31 bits per heavy atom. The van der Waals surface area contributed by atoms with Crippen molar-refractivity contribution in [3.63, 3.8) is 0 Å². The predicted octanol–water partition coefficient (Wildman–Crippen LogP) is 3.20. The molecule has 8 heteroatoms. The molecule has 0 spiro atoms. The Morgan fingerprint density at radius 2 is 1.72 bits per heavy atom. The molecule has 0 aliphatic carbocycles. The van der Waals surface area contributed by atoms with E-state index in [0.717, 1.165) is 11.4 Å². The van der Waals surface area contributed by atoms with Crippen LogP contribution in [-0.4, -0.2) is 32.4 Å². The number of nitrogens with two attached hydrogens (primary N) is 1. The second kappa shape index (κ2) is 7.81. The maximum absolute atomic E-state index is 14.0. The lowest BCUT2D eigenvalue weighted by molar-refractivity contribution is 0.0999. The summed E-state index contributed by atoms with van der Waals surface area (Å²) in [5, 5.41) is 5.14. The van der Waals surface area contributed by atoms with Crippen molar-refractivity contribution in [3.05, 3.63) is 77.4 Å². The summed E-state index contributed by atoms with van der Waals surface area (Å²) in [5.41, 5.74) is 3.14. The molecule has 0 aliphatic rings. The molecule has 2 aromatic carbocycles. The average molecular weight is 415 g/mol. The SMILES string of the molecule is Cc1cc(C(=O)CN(C)c2ccccc2F)c(C)n1-c1ccc(S(N)(=O)=O)cc1. The lowest BCUT2D eigenvalue weighted by atomic mass is 10.1. The van der Waals surface area contributed by atoms with Crippen molar-refractivity contribution in [1.82, 2.24) is 4.57 Å². The highest BCUT2D eigenvalue weighted by atomic mass is 32.2. The zero-order valence-electron chi connectivity index (χ0n) is 16.4. The van der Waals surface area contributed by atoms with Crippen molar-refractivity contribution in [3.8, 4) is 5.69 Å². The second-order valence-corrected chi connectivity index (χ2v) is 8.45. The predicted molar refractivity (Wildman–Crippen MR) is 111 cm³/mol. The Bertz CT molecular complexity index is 1170. The Morgan fingerprint density at radius 1 is 1.10 bits per heavy atom. The minimum atomic E-state index is -3.77. The van der Waals surface area contributed by atoms with Crippen LogP contribution in [-0.2, 0) is 10.0 Å².